The SMILES string of the molecule is COC(=O)c1ccccc1CO/N=C(/C)c1cc(-c2cccc(OC)c2)n(-c2cccc(Cl)c2)c1C. The van der Waals surface area contributed by atoms with Crippen molar-refractivity contribution in [2.75, 3.05) is 14.2 Å². The highest BCUT2D eigenvalue weighted by Crippen LogP contribution is 2.32. The largest absolute Gasteiger partial charge is 0.497 e. The smallest absolute Gasteiger partial charge is 0.338 e. The van der Waals surface area contributed by atoms with Crippen molar-refractivity contribution >= 4 is 23.3 Å². The Hall–Kier alpha value is -4.03. The highest BCUT2D eigenvalue weighted by molar-refractivity contribution is 6.30. The van der Waals surface area contributed by atoms with Gasteiger partial charge in [0.25, 0.3) is 0 Å². The Morgan fingerprint density at radius 2 is 1.72 bits per heavy atom. The van der Waals surface area contributed by atoms with Crippen LogP contribution in [-0.2, 0) is 16.2 Å². The Morgan fingerprint density at radius 3 is 2.47 bits per heavy atom. The number of rotatable bonds is 8. The molecule has 36 heavy (non-hydrogen) atoms. The van der Waals surface area contributed by atoms with E-state index in [0.717, 1.165) is 34.0 Å². The first-order valence-electron chi connectivity index (χ1n) is 11.4. The first-order valence-corrected chi connectivity index (χ1v) is 11.8. The van der Waals surface area contributed by atoms with Crippen molar-refractivity contribution in [2.45, 2.75) is 20.5 Å². The van der Waals surface area contributed by atoms with Crippen LogP contribution in [-0.4, -0.2) is 30.5 Å². The van der Waals surface area contributed by atoms with Gasteiger partial charge in [0.05, 0.1) is 31.2 Å². The molecular weight excluding hydrogens is 476 g/mol. The molecule has 0 N–H and O–H groups in total. The van der Waals surface area contributed by atoms with Crippen LogP contribution in [0.5, 0.6) is 5.75 Å². The molecule has 0 aliphatic carbocycles. The Kier molecular flexibility index (Phi) is 7.76. The van der Waals surface area contributed by atoms with Gasteiger partial charge in [-0.25, -0.2) is 4.79 Å². The number of carbonyl (C=O) groups excluding carboxylic acids is 1. The fourth-order valence-electron chi connectivity index (χ4n) is 4.12. The summed E-state index contributed by atoms with van der Waals surface area (Å²) in [4.78, 5) is 17.7. The van der Waals surface area contributed by atoms with Crippen molar-refractivity contribution in [1.82, 2.24) is 4.57 Å². The molecule has 0 spiro atoms. The van der Waals surface area contributed by atoms with Crippen LogP contribution in [0.3, 0.4) is 0 Å². The molecule has 0 aliphatic rings. The van der Waals surface area contributed by atoms with E-state index in [1.165, 1.54) is 7.11 Å². The van der Waals surface area contributed by atoms with Gasteiger partial charge in [-0.2, -0.15) is 0 Å². The highest BCUT2D eigenvalue weighted by atomic mass is 35.5. The lowest BCUT2D eigenvalue weighted by molar-refractivity contribution is 0.0593. The van der Waals surface area contributed by atoms with Gasteiger partial charge < -0.3 is 18.9 Å². The monoisotopic (exact) mass is 502 g/mol. The Balaban J connectivity index is 1.71. The zero-order valence-electron chi connectivity index (χ0n) is 20.6. The fourth-order valence-corrected chi connectivity index (χ4v) is 4.30. The van der Waals surface area contributed by atoms with Gasteiger partial charge >= 0.3 is 5.97 Å². The molecule has 4 rings (SSSR count). The summed E-state index contributed by atoms with van der Waals surface area (Å²) in [6.45, 7) is 4.07. The predicted octanol–water partition coefficient (Wildman–Crippen LogP) is 6.84. The van der Waals surface area contributed by atoms with Gasteiger partial charge in [-0.1, -0.05) is 53.2 Å². The third-order valence-electron chi connectivity index (χ3n) is 5.91. The second-order valence-corrected chi connectivity index (χ2v) is 8.61. The van der Waals surface area contributed by atoms with E-state index in [-0.39, 0.29) is 6.61 Å². The van der Waals surface area contributed by atoms with Crippen molar-refractivity contribution < 1.29 is 19.1 Å². The number of hydrogen-bond donors (Lipinski definition) is 0. The van der Waals surface area contributed by atoms with Crippen LogP contribution < -0.4 is 4.74 Å². The molecule has 0 radical (unpaired) electrons. The van der Waals surface area contributed by atoms with E-state index in [9.17, 15) is 4.79 Å². The summed E-state index contributed by atoms with van der Waals surface area (Å²) in [6.07, 6.45) is 0. The van der Waals surface area contributed by atoms with Gasteiger partial charge in [0.15, 0.2) is 0 Å². The average Bonchev–Trinajstić information content (AvgIpc) is 3.25. The lowest BCUT2D eigenvalue weighted by Gasteiger charge is -2.13. The normalized spacial score (nSPS) is 11.3. The van der Waals surface area contributed by atoms with Gasteiger partial charge in [-0.05, 0) is 56.3 Å². The van der Waals surface area contributed by atoms with Crippen LogP contribution >= 0.6 is 11.6 Å². The maximum absolute atomic E-state index is 12.0. The van der Waals surface area contributed by atoms with Crippen molar-refractivity contribution in [2.24, 2.45) is 5.16 Å². The minimum absolute atomic E-state index is 0.138. The Bertz CT molecular complexity index is 1420. The van der Waals surface area contributed by atoms with E-state index in [1.807, 2.05) is 74.5 Å². The summed E-state index contributed by atoms with van der Waals surface area (Å²) in [5, 5.41) is 5.02. The summed E-state index contributed by atoms with van der Waals surface area (Å²) in [5.41, 5.74) is 6.66. The molecule has 0 amide bonds. The molecule has 1 aromatic heterocycles. The third-order valence-corrected chi connectivity index (χ3v) is 6.15. The van der Waals surface area contributed by atoms with Gasteiger partial charge in [0.2, 0.25) is 0 Å². The van der Waals surface area contributed by atoms with E-state index >= 15 is 0 Å². The van der Waals surface area contributed by atoms with Gasteiger partial charge in [-0.3, -0.25) is 0 Å². The summed E-state index contributed by atoms with van der Waals surface area (Å²) < 4.78 is 12.5. The van der Waals surface area contributed by atoms with Crippen molar-refractivity contribution in [3.63, 3.8) is 0 Å². The number of oxime groups is 1. The molecule has 0 fully saturated rings. The van der Waals surface area contributed by atoms with Gasteiger partial charge in [0, 0.05) is 33.1 Å². The molecule has 0 atom stereocenters. The van der Waals surface area contributed by atoms with Gasteiger partial charge in [-0.15, -0.1) is 0 Å². The number of benzene rings is 3. The molecule has 0 unspecified atom stereocenters. The minimum atomic E-state index is -0.410. The number of esters is 1. The fraction of sp³-hybridized carbons (Fsp3) is 0.172. The second kappa shape index (κ2) is 11.1. The van der Waals surface area contributed by atoms with Crippen LogP contribution in [0.1, 0.15) is 34.1 Å². The van der Waals surface area contributed by atoms with E-state index in [0.29, 0.717) is 21.9 Å². The number of aromatic nitrogens is 1. The van der Waals surface area contributed by atoms with E-state index in [4.69, 9.17) is 25.9 Å². The molecule has 4 aromatic rings. The second-order valence-electron chi connectivity index (χ2n) is 8.17. The number of methoxy groups -OCH3 is 2. The maximum Gasteiger partial charge on any atom is 0.338 e. The lowest BCUT2D eigenvalue weighted by Crippen LogP contribution is -2.06. The number of carbonyl (C=O) groups is 1. The number of nitrogens with zero attached hydrogens (tertiary/aromatic N) is 2. The van der Waals surface area contributed by atoms with Crippen LogP contribution in [0, 0.1) is 6.92 Å². The number of hydrogen-bond acceptors (Lipinski definition) is 5. The standard InChI is InChI=1S/C29H27ClN2O4/c1-19(31-36-18-22-9-5-6-14-26(22)29(33)35-4)27-17-28(21-10-7-13-25(15-21)34-3)32(20(27)2)24-12-8-11-23(30)16-24/h5-17H,18H2,1-4H3/b31-19-. The summed E-state index contributed by atoms with van der Waals surface area (Å²) in [5.74, 6) is 0.357. The number of halogens is 1. The summed E-state index contributed by atoms with van der Waals surface area (Å²) in [6, 6.07) is 24.8. The average molecular weight is 503 g/mol. The molecule has 0 bridgehead atoms. The topological polar surface area (TPSA) is 62.1 Å². The van der Waals surface area contributed by atoms with Crippen LogP contribution in [0.15, 0.2) is 84.0 Å². The molecule has 6 nitrogen and oxygen atoms in total. The van der Waals surface area contributed by atoms with Crippen molar-refractivity contribution in [3.05, 3.63) is 106 Å². The van der Waals surface area contributed by atoms with Crippen LogP contribution in [0.2, 0.25) is 5.02 Å². The molecule has 0 saturated carbocycles. The zero-order chi connectivity index (χ0) is 25.7. The van der Waals surface area contributed by atoms with Gasteiger partial charge in [0.1, 0.15) is 12.4 Å². The van der Waals surface area contributed by atoms with E-state index < -0.39 is 5.97 Å². The van der Waals surface area contributed by atoms with E-state index in [2.05, 4.69) is 15.8 Å². The third kappa shape index (κ3) is 5.29. The maximum atomic E-state index is 12.0. The van der Waals surface area contributed by atoms with Crippen LogP contribution in [0.4, 0.5) is 0 Å². The molecular formula is C29H27ClN2O4. The first kappa shape index (κ1) is 25.1. The van der Waals surface area contributed by atoms with Crippen molar-refractivity contribution in [3.8, 4) is 22.7 Å². The molecule has 3 aromatic carbocycles. The molecule has 0 saturated heterocycles. The Labute approximate surface area is 215 Å². The zero-order valence-corrected chi connectivity index (χ0v) is 21.4. The lowest BCUT2D eigenvalue weighted by atomic mass is 10.1. The summed E-state index contributed by atoms with van der Waals surface area (Å²) >= 11 is 6.32. The molecule has 0 aliphatic heterocycles. The quantitative estimate of drug-likeness (QED) is 0.150. The van der Waals surface area contributed by atoms with Crippen LogP contribution in [0.25, 0.3) is 16.9 Å². The molecule has 1 heterocycles. The summed E-state index contributed by atoms with van der Waals surface area (Å²) in [7, 11) is 3.01. The Morgan fingerprint density at radius 1 is 0.944 bits per heavy atom. The number of ether oxygens (including phenoxy) is 2. The van der Waals surface area contributed by atoms with Crippen molar-refractivity contribution in [1.29, 1.82) is 0 Å². The first-order chi connectivity index (χ1) is 17.4. The molecule has 7 heteroatoms. The highest BCUT2D eigenvalue weighted by Gasteiger charge is 2.18. The minimum Gasteiger partial charge on any atom is -0.497 e. The molecule has 184 valence electrons. The van der Waals surface area contributed by atoms with E-state index in [1.54, 1.807) is 19.2 Å². The predicted molar refractivity (Wildman–Crippen MR) is 142 cm³/mol.